The molecular formula is C33H32ClN3O6S. The minimum atomic E-state index is -0.990. The number of hydrogen-bond acceptors (Lipinski definition) is 7. The first kappa shape index (κ1) is 31.0. The number of aryl methyl sites for hydroxylation is 1. The first-order valence-corrected chi connectivity index (χ1v) is 15.4. The summed E-state index contributed by atoms with van der Waals surface area (Å²) >= 11 is 7.68. The molecule has 9 nitrogen and oxygen atoms in total. The highest BCUT2D eigenvalue weighted by molar-refractivity contribution is 7.07. The molecule has 11 heteroatoms. The van der Waals surface area contributed by atoms with E-state index < -0.39 is 18.0 Å². The van der Waals surface area contributed by atoms with E-state index in [9.17, 15) is 19.5 Å². The second-order valence-corrected chi connectivity index (χ2v) is 11.8. The zero-order valence-corrected chi connectivity index (χ0v) is 26.6. The van der Waals surface area contributed by atoms with Crippen molar-refractivity contribution >= 4 is 41.0 Å². The van der Waals surface area contributed by atoms with Crippen molar-refractivity contribution in [2.75, 3.05) is 13.7 Å². The fraction of sp³-hybridized carbons (Fsp3) is 0.273. The number of aromatic nitrogens is 2. The van der Waals surface area contributed by atoms with Crippen LogP contribution >= 0.6 is 22.9 Å². The van der Waals surface area contributed by atoms with E-state index in [-0.39, 0.29) is 23.3 Å². The molecule has 0 radical (unpaired) electrons. The van der Waals surface area contributed by atoms with Crippen LogP contribution in [0.25, 0.3) is 11.8 Å². The van der Waals surface area contributed by atoms with Crippen molar-refractivity contribution in [2.24, 2.45) is 4.99 Å². The fourth-order valence-corrected chi connectivity index (χ4v) is 6.75. The summed E-state index contributed by atoms with van der Waals surface area (Å²) in [5, 5.41) is 9.72. The third-order valence-electron chi connectivity index (χ3n) is 7.51. The van der Waals surface area contributed by atoms with Gasteiger partial charge < -0.3 is 19.1 Å². The number of carbonyl (C=O) groups excluding carboxylic acids is 1. The van der Waals surface area contributed by atoms with E-state index in [0.29, 0.717) is 37.8 Å². The number of carboxylic acid groups (broad SMARTS) is 1. The molecule has 1 N–H and O–H groups in total. The summed E-state index contributed by atoms with van der Waals surface area (Å²) in [6.07, 6.45) is 3.07. The number of carboxylic acids is 1. The van der Waals surface area contributed by atoms with Crippen LogP contribution in [0.4, 0.5) is 0 Å². The smallest absolute Gasteiger partial charge is 0.338 e. The summed E-state index contributed by atoms with van der Waals surface area (Å²) in [6.45, 7) is 7.80. The molecule has 0 aliphatic carbocycles. The molecule has 0 saturated carbocycles. The van der Waals surface area contributed by atoms with Crippen molar-refractivity contribution in [1.29, 1.82) is 0 Å². The quantitative estimate of drug-likeness (QED) is 0.249. The van der Waals surface area contributed by atoms with Crippen LogP contribution in [-0.4, -0.2) is 39.9 Å². The number of fused-ring (bicyclic) bond motifs is 1. The molecule has 44 heavy (non-hydrogen) atoms. The van der Waals surface area contributed by atoms with Gasteiger partial charge in [-0.1, -0.05) is 36.3 Å². The van der Waals surface area contributed by atoms with Gasteiger partial charge in [-0.15, -0.1) is 0 Å². The van der Waals surface area contributed by atoms with Gasteiger partial charge in [0.15, 0.2) is 4.80 Å². The number of carbonyl (C=O) groups is 2. The highest BCUT2D eigenvalue weighted by Gasteiger charge is 2.36. The Morgan fingerprint density at radius 1 is 1.11 bits per heavy atom. The molecule has 5 rings (SSSR count). The number of ether oxygens (including phenoxy) is 2. The third-order valence-corrected chi connectivity index (χ3v) is 8.73. The van der Waals surface area contributed by atoms with E-state index in [2.05, 4.69) is 0 Å². The number of allylic oxidation sites excluding steroid dienone is 1. The van der Waals surface area contributed by atoms with Crippen LogP contribution in [0, 0.1) is 13.8 Å². The standard InChI is InChI=1S/C33H32ClN3O6S/c1-6-8-25-28(32(41)43-7-2)29(24-17-22(34)11-14-26(24)42-5)37-30(38)27(44-33(37)35-25)16-21-15-18(3)36(19(21)4)23-12-9-20(10-13-23)31(39)40/h9-17,29H,6-8H2,1-5H3,(H,39,40)/b27-16+/t29-/m1/s1. The maximum Gasteiger partial charge on any atom is 0.338 e. The van der Waals surface area contributed by atoms with Gasteiger partial charge in [-0.3, -0.25) is 9.36 Å². The normalized spacial score (nSPS) is 14.8. The largest absolute Gasteiger partial charge is 0.496 e. The number of rotatable bonds is 9. The first-order chi connectivity index (χ1) is 21.1. The number of hydrogen-bond donors (Lipinski definition) is 1. The minimum Gasteiger partial charge on any atom is -0.496 e. The van der Waals surface area contributed by atoms with E-state index in [0.717, 1.165) is 29.1 Å². The van der Waals surface area contributed by atoms with Gasteiger partial charge >= 0.3 is 11.9 Å². The molecule has 1 aliphatic heterocycles. The Morgan fingerprint density at radius 3 is 2.48 bits per heavy atom. The van der Waals surface area contributed by atoms with Crippen LogP contribution in [0.5, 0.6) is 5.75 Å². The lowest BCUT2D eigenvalue weighted by molar-refractivity contribution is -0.139. The molecular weight excluding hydrogens is 602 g/mol. The number of esters is 1. The molecule has 0 unspecified atom stereocenters. The number of thiazole rings is 1. The Hall–Kier alpha value is -4.41. The summed E-state index contributed by atoms with van der Waals surface area (Å²) in [4.78, 5) is 44.3. The summed E-state index contributed by atoms with van der Waals surface area (Å²) in [7, 11) is 1.53. The lowest BCUT2D eigenvalue weighted by atomic mass is 9.93. The van der Waals surface area contributed by atoms with Crippen molar-refractivity contribution in [3.8, 4) is 11.4 Å². The summed E-state index contributed by atoms with van der Waals surface area (Å²) in [5.41, 5.74) is 4.73. The van der Waals surface area contributed by atoms with E-state index in [4.69, 9.17) is 26.1 Å². The molecule has 2 aromatic carbocycles. The Bertz CT molecular complexity index is 1980. The van der Waals surface area contributed by atoms with Crippen LogP contribution in [0.2, 0.25) is 5.02 Å². The van der Waals surface area contributed by atoms with E-state index >= 15 is 0 Å². The lowest BCUT2D eigenvalue weighted by Gasteiger charge is -2.27. The van der Waals surface area contributed by atoms with E-state index in [1.54, 1.807) is 49.4 Å². The van der Waals surface area contributed by atoms with Crippen LogP contribution in [0.1, 0.15) is 65.6 Å². The second kappa shape index (κ2) is 12.7. The number of nitrogens with zero attached hydrogens (tertiary/aromatic N) is 3. The molecule has 0 bridgehead atoms. The molecule has 0 fully saturated rings. The predicted molar refractivity (Wildman–Crippen MR) is 170 cm³/mol. The van der Waals surface area contributed by atoms with Gasteiger partial charge in [-0.2, -0.15) is 0 Å². The average Bonchev–Trinajstić information content (AvgIpc) is 3.46. The van der Waals surface area contributed by atoms with Gasteiger partial charge in [0.05, 0.1) is 35.1 Å². The van der Waals surface area contributed by atoms with Crippen molar-refractivity contribution < 1.29 is 24.2 Å². The molecule has 3 heterocycles. The monoisotopic (exact) mass is 633 g/mol. The number of benzene rings is 2. The van der Waals surface area contributed by atoms with Crippen LogP contribution in [-0.2, 0) is 9.53 Å². The predicted octanol–water partition coefficient (Wildman–Crippen LogP) is 5.35. The van der Waals surface area contributed by atoms with Gasteiger partial charge in [-0.05, 0) is 87.4 Å². The van der Waals surface area contributed by atoms with Gasteiger partial charge in [0.2, 0.25) is 0 Å². The minimum absolute atomic E-state index is 0.167. The SMILES string of the molecule is CCCC1=C(C(=O)OCC)[C@@H](c2cc(Cl)ccc2OC)n2c(s/c(=C/c3cc(C)n(-c4ccc(C(=O)O)cc4)c3C)c2=O)=N1. The van der Waals surface area contributed by atoms with Crippen molar-refractivity contribution in [3.05, 3.63) is 113 Å². The van der Waals surface area contributed by atoms with Gasteiger partial charge in [0, 0.05) is 27.7 Å². The summed E-state index contributed by atoms with van der Waals surface area (Å²) < 4.78 is 15.1. The maximum atomic E-state index is 14.2. The molecule has 228 valence electrons. The van der Waals surface area contributed by atoms with Gasteiger partial charge in [0.1, 0.15) is 11.8 Å². The van der Waals surface area contributed by atoms with Crippen LogP contribution in [0.15, 0.2) is 69.6 Å². The highest BCUT2D eigenvalue weighted by Crippen LogP contribution is 2.38. The zero-order chi connectivity index (χ0) is 31.7. The van der Waals surface area contributed by atoms with Gasteiger partial charge in [0.25, 0.3) is 5.56 Å². The van der Waals surface area contributed by atoms with Crippen molar-refractivity contribution in [2.45, 2.75) is 46.6 Å². The fourth-order valence-electron chi connectivity index (χ4n) is 5.56. The molecule has 1 aliphatic rings. The molecule has 0 amide bonds. The molecule has 2 aromatic heterocycles. The third kappa shape index (κ3) is 5.62. The van der Waals surface area contributed by atoms with Gasteiger partial charge in [-0.25, -0.2) is 14.6 Å². The van der Waals surface area contributed by atoms with Crippen molar-refractivity contribution in [1.82, 2.24) is 9.13 Å². The Morgan fingerprint density at radius 2 is 1.84 bits per heavy atom. The second-order valence-electron chi connectivity index (χ2n) is 10.3. The summed E-state index contributed by atoms with van der Waals surface area (Å²) in [5.74, 6) is -1.06. The highest BCUT2D eigenvalue weighted by atomic mass is 35.5. The Kier molecular flexibility index (Phi) is 8.94. The average molecular weight is 634 g/mol. The molecule has 0 saturated heterocycles. The topological polar surface area (TPSA) is 112 Å². The Labute approximate surface area is 263 Å². The number of methoxy groups -OCH3 is 1. The van der Waals surface area contributed by atoms with Crippen LogP contribution in [0.3, 0.4) is 0 Å². The van der Waals surface area contributed by atoms with E-state index in [1.807, 2.05) is 37.5 Å². The lowest BCUT2D eigenvalue weighted by Crippen LogP contribution is -2.40. The molecule has 1 atom stereocenters. The number of aromatic carboxylic acids is 1. The van der Waals surface area contributed by atoms with Crippen molar-refractivity contribution in [3.63, 3.8) is 0 Å². The summed E-state index contributed by atoms with van der Waals surface area (Å²) in [6, 6.07) is 12.9. The number of halogens is 1. The zero-order valence-electron chi connectivity index (χ0n) is 25.0. The molecule has 0 spiro atoms. The maximum absolute atomic E-state index is 14.2. The van der Waals surface area contributed by atoms with E-state index in [1.165, 1.54) is 23.0 Å². The van der Waals surface area contributed by atoms with Crippen LogP contribution < -0.4 is 19.6 Å². The Balaban J connectivity index is 1.73. The first-order valence-electron chi connectivity index (χ1n) is 14.2. The molecule has 4 aromatic rings.